The van der Waals surface area contributed by atoms with Crippen molar-refractivity contribution in [3.63, 3.8) is 0 Å². The van der Waals surface area contributed by atoms with E-state index in [0.29, 0.717) is 35.7 Å². The molecule has 4 unspecified atom stereocenters. The normalized spacial score (nSPS) is 26.7. The van der Waals surface area contributed by atoms with Crippen LogP contribution in [0.3, 0.4) is 0 Å². The Balaban J connectivity index is 1.39. The van der Waals surface area contributed by atoms with Gasteiger partial charge in [0.1, 0.15) is 11.6 Å². The molecule has 1 aromatic heterocycles. The molecule has 1 N–H and O–H groups in total. The highest BCUT2D eigenvalue weighted by molar-refractivity contribution is 7.89. The number of rotatable bonds is 9. The van der Waals surface area contributed by atoms with Gasteiger partial charge in [-0.25, -0.2) is 21.9 Å². The number of sulfonamides is 1. The minimum atomic E-state index is -3.80. The molecule has 1 spiro atoms. The maximum Gasteiger partial charge on any atom is 0.217 e. The summed E-state index contributed by atoms with van der Waals surface area (Å²) in [6.45, 7) is 15.2. The molecule has 3 aliphatic rings. The maximum absolute atomic E-state index is 14.0. The quantitative estimate of drug-likeness (QED) is 0.236. The molecule has 250 valence electrons. The molecule has 2 saturated carbocycles. The Morgan fingerprint density at radius 1 is 1.07 bits per heavy atom. The first-order valence-corrected chi connectivity index (χ1v) is 20.8. The number of fused-ring (bicyclic) bond motifs is 1. The van der Waals surface area contributed by atoms with Gasteiger partial charge >= 0.3 is 0 Å². The van der Waals surface area contributed by atoms with Gasteiger partial charge < -0.3 is 9.53 Å². The van der Waals surface area contributed by atoms with Gasteiger partial charge in [0.25, 0.3) is 0 Å². The summed E-state index contributed by atoms with van der Waals surface area (Å²) in [6, 6.07) is 11.9. The largest absolute Gasteiger partial charge is 0.410 e. The van der Waals surface area contributed by atoms with Crippen LogP contribution < -0.4 is 0 Å². The number of nitrogens with zero attached hydrogens (tertiary/aromatic N) is 3. The summed E-state index contributed by atoms with van der Waals surface area (Å²) in [5.74, 6) is -0.308. The summed E-state index contributed by atoms with van der Waals surface area (Å²) in [5, 5.41) is 16.8. The molecule has 6 rings (SSSR count). The van der Waals surface area contributed by atoms with Crippen molar-refractivity contribution in [1.82, 2.24) is 14.1 Å². The molecule has 3 fully saturated rings. The van der Waals surface area contributed by atoms with E-state index in [2.05, 4.69) is 52.8 Å². The summed E-state index contributed by atoms with van der Waals surface area (Å²) >= 11 is 0. The van der Waals surface area contributed by atoms with Gasteiger partial charge in [-0.2, -0.15) is 9.40 Å². The molecular formula is C35H47F2N3O4SSi. The van der Waals surface area contributed by atoms with Crippen LogP contribution in [0.4, 0.5) is 8.78 Å². The van der Waals surface area contributed by atoms with Crippen LogP contribution in [0.5, 0.6) is 0 Å². The highest BCUT2D eigenvalue weighted by atomic mass is 32.2. The number of benzene rings is 2. The van der Waals surface area contributed by atoms with Crippen LogP contribution in [0.2, 0.25) is 18.1 Å². The predicted molar refractivity (Wildman–Crippen MR) is 177 cm³/mol. The van der Waals surface area contributed by atoms with Crippen LogP contribution in [0.25, 0.3) is 5.69 Å². The van der Waals surface area contributed by atoms with Crippen LogP contribution in [0.1, 0.15) is 89.5 Å². The Morgan fingerprint density at radius 3 is 2.26 bits per heavy atom. The zero-order chi connectivity index (χ0) is 33.4. The van der Waals surface area contributed by atoms with Crippen molar-refractivity contribution in [2.45, 2.75) is 103 Å². The Labute approximate surface area is 273 Å². The van der Waals surface area contributed by atoms with E-state index in [1.54, 1.807) is 35.1 Å². The average molecular weight is 672 g/mol. The van der Waals surface area contributed by atoms with Gasteiger partial charge in [-0.1, -0.05) is 46.8 Å². The second-order valence-electron chi connectivity index (χ2n) is 15.7. The van der Waals surface area contributed by atoms with E-state index in [-0.39, 0.29) is 34.2 Å². The van der Waals surface area contributed by atoms with Crippen molar-refractivity contribution in [1.29, 1.82) is 0 Å². The number of halogens is 2. The van der Waals surface area contributed by atoms with Gasteiger partial charge in [-0.05, 0) is 109 Å². The van der Waals surface area contributed by atoms with Crippen LogP contribution in [-0.4, -0.2) is 47.7 Å². The average Bonchev–Trinajstić information content (AvgIpc) is 3.62. The van der Waals surface area contributed by atoms with E-state index < -0.39 is 35.8 Å². The summed E-state index contributed by atoms with van der Waals surface area (Å²) in [6.07, 6.45) is 3.30. The Kier molecular flexibility index (Phi) is 8.24. The van der Waals surface area contributed by atoms with E-state index in [9.17, 15) is 22.3 Å². The highest BCUT2D eigenvalue weighted by Gasteiger charge is 2.72. The number of hydrogen-bond donors (Lipinski definition) is 1. The topological polar surface area (TPSA) is 84.7 Å². The van der Waals surface area contributed by atoms with E-state index in [0.717, 1.165) is 24.8 Å². The number of aliphatic hydroxyl groups is 1. The second-order valence-corrected chi connectivity index (χ2v) is 22.4. The molecule has 46 heavy (non-hydrogen) atoms. The van der Waals surface area contributed by atoms with Crippen molar-refractivity contribution < 1.29 is 26.7 Å². The molecule has 0 radical (unpaired) electrons. The second kappa shape index (κ2) is 11.3. The number of aryl methyl sites for hydroxylation is 1. The summed E-state index contributed by atoms with van der Waals surface area (Å²) in [4.78, 5) is 0. The van der Waals surface area contributed by atoms with Gasteiger partial charge in [0.15, 0.2) is 14.5 Å². The molecular weight excluding hydrogens is 625 g/mol. The van der Waals surface area contributed by atoms with Crippen molar-refractivity contribution in [2.24, 2.45) is 16.7 Å². The van der Waals surface area contributed by atoms with Crippen molar-refractivity contribution in [3.8, 4) is 5.69 Å². The maximum atomic E-state index is 14.0. The SMILES string of the molecule is CC1(C)C2CCC13CS(=O)(=O)N(C(O)c1c(CC[C@H](O[Si](C)(C)C(C)(C)C)c4ccc(F)cc4)cnn1-c1ccc(F)cc1)C3C2. The number of aliphatic hydroxyl groups excluding tert-OH is 1. The van der Waals surface area contributed by atoms with E-state index in [4.69, 9.17) is 4.43 Å². The fourth-order valence-corrected chi connectivity index (χ4v) is 12.1. The van der Waals surface area contributed by atoms with Crippen molar-refractivity contribution in [3.05, 3.63) is 83.2 Å². The molecule has 11 heteroatoms. The molecule has 0 amide bonds. The van der Waals surface area contributed by atoms with Gasteiger partial charge in [0.2, 0.25) is 10.0 Å². The molecule has 7 nitrogen and oxygen atoms in total. The molecule has 3 aromatic rings. The van der Waals surface area contributed by atoms with Crippen molar-refractivity contribution >= 4 is 18.3 Å². The van der Waals surface area contributed by atoms with Gasteiger partial charge in [0, 0.05) is 11.5 Å². The molecule has 5 atom stereocenters. The van der Waals surface area contributed by atoms with Gasteiger partial charge in [-0.15, -0.1) is 0 Å². The molecule has 2 aliphatic carbocycles. The van der Waals surface area contributed by atoms with Gasteiger partial charge in [-0.3, -0.25) is 0 Å². The molecule has 2 heterocycles. The smallest absolute Gasteiger partial charge is 0.217 e. The summed E-state index contributed by atoms with van der Waals surface area (Å²) < 4.78 is 65.5. The molecule has 2 bridgehead atoms. The van der Waals surface area contributed by atoms with Crippen LogP contribution in [-0.2, 0) is 20.9 Å². The van der Waals surface area contributed by atoms with E-state index in [1.165, 1.54) is 28.6 Å². The Hall–Kier alpha value is -2.44. The van der Waals surface area contributed by atoms with Crippen LogP contribution in [0.15, 0.2) is 54.7 Å². The minimum Gasteiger partial charge on any atom is -0.410 e. The summed E-state index contributed by atoms with van der Waals surface area (Å²) in [7, 11) is -6.06. The standard InChI is InChI=1S/C35H47F2N3O4SSi/c1-33(2,3)46(6,7)44-29(23-8-11-26(36)12-9-23)17-10-24-21-38-39(28-15-13-27(37)14-16-28)31(24)32(41)40-30-20-25-18-19-35(30,34(25,4)5)22-45(40,42)43/h8-9,11-16,21,25,29-30,32,41H,10,17-20,22H2,1-7H3/t25?,29-,30?,32?,35?/m0/s1. The fourth-order valence-electron chi connectivity index (χ4n) is 8.20. The lowest BCUT2D eigenvalue weighted by Gasteiger charge is -2.39. The monoisotopic (exact) mass is 671 g/mol. The third kappa shape index (κ3) is 5.40. The summed E-state index contributed by atoms with van der Waals surface area (Å²) in [5.41, 5.74) is 1.85. The van der Waals surface area contributed by atoms with E-state index in [1.807, 2.05) is 0 Å². The van der Waals surface area contributed by atoms with E-state index >= 15 is 0 Å². The molecule has 1 saturated heterocycles. The fraction of sp³-hybridized carbons (Fsp3) is 0.571. The lowest BCUT2D eigenvalue weighted by Crippen LogP contribution is -2.43. The number of hydrogen-bond acceptors (Lipinski definition) is 5. The molecule has 2 aromatic carbocycles. The van der Waals surface area contributed by atoms with Gasteiger partial charge in [0.05, 0.1) is 29.4 Å². The molecule has 1 aliphatic heterocycles. The third-order valence-corrected chi connectivity index (χ3v) is 18.5. The first-order valence-electron chi connectivity index (χ1n) is 16.3. The highest BCUT2D eigenvalue weighted by Crippen LogP contribution is 2.70. The zero-order valence-corrected chi connectivity index (χ0v) is 29.7. The predicted octanol–water partition coefficient (Wildman–Crippen LogP) is 7.68. The first kappa shape index (κ1) is 33.5. The lowest BCUT2D eigenvalue weighted by atomic mass is 9.69. The third-order valence-electron chi connectivity index (χ3n) is 12.1. The lowest BCUT2D eigenvalue weighted by molar-refractivity contribution is 0.00180. The Bertz CT molecular complexity index is 1700. The van der Waals surface area contributed by atoms with Crippen LogP contribution >= 0.6 is 0 Å². The van der Waals surface area contributed by atoms with Crippen LogP contribution in [0, 0.1) is 28.4 Å². The first-order chi connectivity index (χ1) is 21.4. The minimum absolute atomic E-state index is 0.0260. The number of aromatic nitrogens is 2. The zero-order valence-electron chi connectivity index (χ0n) is 27.9. The van der Waals surface area contributed by atoms with Crippen molar-refractivity contribution in [2.75, 3.05) is 5.75 Å². The Morgan fingerprint density at radius 2 is 1.67 bits per heavy atom.